The van der Waals surface area contributed by atoms with Gasteiger partial charge in [-0.15, -0.1) is 11.3 Å². The number of furan rings is 1. The van der Waals surface area contributed by atoms with Crippen molar-refractivity contribution in [2.45, 2.75) is 13.8 Å². The summed E-state index contributed by atoms with van der Waals surface area (Å²) in [5, 5.41) is 4.13. The number of nitrogens with zero attached hydrogens (tertiary/aromatic N) is 3. The fraction of sp³-hybridized carbons (Fsp3) is 0.150. The van der Waals surface area contributed by atoms with Gasteiger partial charge in [-0.3, -0.25) is 9.69 Å². The number of hydrogen-bond donors (Lipinski definition) is 0. The molecule has 0 aliphatic carbocycles. The molecule has 29 heavy (non-hydrogen) atoms. The third-order valence-electron chi connectivity index (χ3n) is 4.11. The molecule has 4 rings (SSSR count). The van der Waals surface area contributed by atoms with E-state index in [9.17, 15) is 4.79 Å². The highest BCUT2D eigenvalue weighted by Crippen LogP contribution is 2.36. The molecule has 0 spiro atoms. The molecule has 9 heteroatoms. The second kappa shape index (κ2) is 8.36. The van der Waals surface area contributed by atoms with Crippen LogP contribution in [0.15, 0.2) is 50.0 Å². The molecule has 2 aromatic heterocycles. The molecule has 0 bridgehead atoms. The SMILES string of the molecule is CCN1C(=O)/C(=C\c2ccc(-c3ccc(Cl)c(Cl)c3)o2)S/C1=N/c1nc(C)cs1. The van der Waals surface area contributed by atoms with E-state index in [0.29, 0.717) is 43.3 Å². The number of halogens is 2. The Bertz CT molecular complexity index is 1150. The van der Waals surface area contributed by atoms with Gasteiger partial charge in [-0.05, 0) is 55.9 Å². The molecule has 1 amide bonds. The maximum atomic E-state index is 12.8. The number of thiazole rings is 1. The predicted octanol–water partition coefficient (Wildman–Crippen LogP) is 6.64. The largest absolute Gasteiger partial charge is 0.457 e. The summed E-state index contributed by atoms with van der Waals surface area (Å²) >= 11 is 14.8. The van der Waals surface area contributed by atoms with Gasteiger partial charge in [0.15, 0.2) is 5.17 Å². The minimum Gasteiger partial charge on any atom is -0.457 e. The Morgan fingerprint density at radius 1 is 1.24 bits per heavy atom. The maximum Gasteiger partial charge on any atom is 0.266 e. The Hall–Kier alpha value is -2.06. The monoisotopic (exact) mass is 463 g/mol. The van der Waals surface area contributed by atoms with Crippen molar-refractivity contribution in [1.82, 2.24) is 9.88 Å². The van der Waals surface area contributed by atoms with Crippen LogP contribution in [0.4, 0.5) is 5.13 Å². The smallest absolute Gasteiger partial charge is 0.266 e. The first-order valence-electron chi connectivity index (χ1n) is 8.72. The quantitative estimate of drug-likeness (QED) is 0.406. The molecule has 3 heterocycles. The molecular weight excluding hydrogens is 449 g/mol. The second-order valence-electron chi connectivity index (χ2n) is 6.16. The highest BCUT2D eigenvalue weighted by molar-refractivity contribution is 8.18. The third kappa shape index (κ3) is 4.28. The number of aromatic nitrogens is 1. The lowest BCUT2D eigenvalue weighted by molar-refractivity contribution is -0.122. The average Bonchev–Trinajstić information content (AvgIpc) is 3.39. The average molecular weight is 464 g/mol. The van der Waals surface area contributed by atoms with Crippen molar-refractivity contribution in [3.8, 4) is 11.3 Å². The molecule has 0 radical (unpaired) electrons. The zero-order valence-electron chi connectivity index (χ0n) is 15.5. The summed E-state index contributed by atoms with van der Waals surface area (Å²) in [5.74, 6) is 1.12. The summed E-state index contributed by atoms with van der Waals surface area (Å²) in [6.45, 7) is 4.36. The molecule has 148 valence electrons. The van der Waals surface area contributed by atoms with E-state index < -0.39 is 0 Å². The first-order chi connectivity index (χ1) is 13.9. The Morgan fingerprint density at radius 2 is 2.07 bits per heavy atom. The van der Waals surface area contributed by atoms with Crippen molar-refractivity contribution in [3.05, 3.63) is 62.1 Å². The lowest BCUT2D eigenvalue weighted by Crippen LogP contribution is -2.28. The Morgan fingerprint density at radius 3 is 2.76 bits per heavy atom. The number of hydrogen-bond acceptors (Lipinski definition) is 6. The summed E-state index contributed by atoms with van der Waals surface area (Å²) in [6, 6.07) is 8.95. The molecule has 1 aliphatic rings. The highest BCUT2D eigenvalue weighted by Gasteiger charge is 2.32. The number of amidine groups is 1. The van der Waals surface area contributed by atoms with Crippen LogP contribution in [-0.4, -0.2) is 27.5 Å². The van der Waals surface area contributed by atoms with Gasteiger partial charge in [0.25, 0.3) is 5.91 Å². The van der Waals surface area contributed by atoms with E-state index in [1.807, 2.05) is 37.4 Å². The summed E-state index contributed by atoms with van der Waals surface area (Å²) in [5.41, 5.74) is 1.72. The van der Waals surface area contributed by atoms with Crippen LogP contribution in [0.5, 0.6) is 0 Å². The van der Waals surface area contributed by atoms with Gasteiger partial charge in [0.05, 0.1) is 20.6 Å². The van der Waals surface area contributed by atoms with Crippen molar-refractivity contribution in [3.63, 3.8) is 0 Å². The molecule has 0 atom stereocenters. The van der Waals surface area contributed by atoms with Gasteiger partial charge >= 0.3 is 0 Å². The second-order valence-corrected chi connectivity index (χ2v) is 8.82. The van der Waals surface area contributed by atoms with Crippen molar-refractivity contribution in [2.75, 3.05) is 6.54 Å². The van der Waals surface area contributed by atoms with E-state index in [2.05, 4.69) is 9.98 Å². The van der Waals surface area contributed by atoms with Crippen molar-refractivity contribution in [2.24, 2.45) is 4.99 Å². The normalized spacial score (nSPS) is 17.1. The van der Waals surface area contributed by atoms with E-state index >= 15 is 0 Å². The van der Waals surface area contributed by atoms with Crippen LogP contribution in [0, 0.1) is 6.92 Å². The molecule has 0 unspecified atom stereocenters. The van der Waals surface area contributed by atoms with Gasteiger partial charge in [0, 0.05) is 23.6 Å². The summed E-state index contributed by atoms with van der Waals surface area (Å²) in [7, 11) is 0. The van der Waals surface area contributed by atoms with Crippen LogP contribution in [-0.2, 0) is 4.79 Å². The van der Waals surface area contributed by atoms with Gasteiger partial charge in [-0.25, -0.2) is 4.98 Å². The number of carbonyl (C=O) groups is 1. The van der Waals surface area contributed by atoms with Crippen molar-refractivity contribution >= 4 is 68.6 Å². The van der Waals surface area contributed by atoms with Crippen LogP contribution < -0.4 is 0 Å². The lowest BCUT2D eigenvalue weighted by Gasteiger charge is -2.11. The molecule has 5 nitrogen and oxygen atoms in total. The number of amides is 1. The molecule has 1 aliphatic heterocycles. The van der Waals surface area contributed by atoms with Gasteiger partial charge < -0.3 is 4.42 Å². The van der Waals surface area contributed by atoms with Crippen LogP contribution in [0.2, 0.25) is 10.0 Å². The molecule has 1 saturated heterocycles. The summed E-state index contributed by atoms with van der Waals surface area (Å²) < 4.78 is 5.89. The Balaban J connectivity index is 1.61. The zero-order valence-corrected chi connectivity index (χ0v) is 18.6. The zero-order chi connectivity index (χ0) is 20.5. The van der Waals surface area contributed by atoms with E-state index in [4.69, 9.17) is 27.6 Å². The van der Waals surface area contributed by atoms with Crippen LogP contribution >= 0.6 is 46.3 Å². The van der Waals surface area contributed by atoms with Gasteiger partial charge in [0.2, 0.25) is 5.13 Å². The minimum atomic E-state index is -0.1000. The maximum absolute atomic E-state index is 12.8. The van der Waals surface area contributed by atoms with E-state index in [-0.39, 0.29) is 5.91 Å². The van der Waals surface area contributed by atoms with Crippen LogP contribution in [0.1, 0.15) is 18.4 Å². The number of carbonyl (C=O) groups excluding carboxylic acids is 1. The highest BCUT2D eigenvalue weighted by atomic mass is 35.5. The van der Waals surface area contributed by atoms with Crippen molar-refractivity contribution < 1.29 is 9.21 Å². The molecule has 1 fully saturated rings. The number of aliphatic imine (C=N–C) groups is 1. The third-order valence-corrected chi connectivity index (χ3v) is 6.70. The first-order valence-corrected chi connectivity index (χ1v) is 11.2. The van der Waals surface area contributed by atoms with Gasteiger partial charge in [-0.1, -0.05) is 23.2 Å². The number of aryl methyl sites for hydroxylation is 1. The molecule has 1 aromatic carbocycles. The first kappa shape index (κ1) is 20.2. The van der Waals surface area contributed by atoms with Gasteiger partial charge in [-0.2, -0.15) is 4.99 Å². The molecule has 0 saturated carbocycles. The van der Waals surface area contributed by atoms with Gasteiger partial charge in [0.1, 0.15) is 11.5 Å². The summed E-state index contributed by atoms with van der Waals surface area (Å²) in [6.07, 6.45) is 1.73. The van der Waals surface area contributed by atoms with E-state index in [1.54, 1.807) is 23.1 Å². The molecule has 3 aromatic rings. The fourth-order valence-corrected chi connectivity index (χ4v) is 4.75. The molecule has 0 N–H and O–H groups in total. The fourth-order valence-electron chi connectivity index (χ4n) is 2.71. The minimum absolute atomic E-state index is 0.1000. The van der Waals surface area contributed by atoms with Crippen LogP contribution in [0.3, 0.4) is 0 Å². The summed E-state index contributed by atoms with van der Waals surface area (Å²) in [4.78, 5) is 23.8. The number of likely N-dealkylation sites (N-methyl/N-ethyl adjacent to an activating group) is 1. The van der Waals surface area contributed by atoms with E-state index in [0.717, 1.165) is 11.3 Å². The standard InChI is InChI=1S/C20H15Cl2N3O2S2/c1-3-25-18(26)17(29-20(25)24-19-23-11(2)10-28-19)9-13-5-7-16(27-13)12-4-6-14(21)15(22)8-12/h4-10H,3H2,1-2H3/b17-9+,24-20+. The topological polar surface area (TPSA) is 58.7 Å². The molecular formula is C20H15Cl2N3O2S2. The lowest BCUT2D eigenvalue weighted by atomic mass is 10.2. The Labute approximate surface area is 186 Å². The van der Waals surface area contributed by atoms with E-state index in [1.165, 1.54) is 23.1 Å². The van der Waals surface area contributed by atoms with Crippen molar-refractivity contribution in [1.29, 1.82) is 0 Å². The number of thioether (sulfide) groups is 1. The predicted molar refractivity (Wildman–Crippen MR) is 121 cm³/mol. The number of benzene rings is 1. The Kier molecular flexibility index (Phi) is 5.83. The number of rotatable bonds is 4. The van der Waals surface area contributed by atoms with Crippen LogP contribution in [0.25, 0.3) is 17.4 Å².